The SMILES string of the molecule is O=[N+]([O-])c1ccc(CCn2cnc3ccccc32)cc1. The summed E-state index contributed by atoms with van der Waals surface area (Å²) in [7, 11) is 0. The Morgan fingerprint density at radius 2 is 1.85 bits per heavy atom. The highest BCUT2D eigenvalue weighted by molar-refractivity contribution is 5.74. The number of hydrogen-bond donors (Lipinski definition) is 0. The molecule has 3 rings (SSSR count). The van der Waals surface area contributed by atoms with Crippen molar-refractivity contribution in [1.29, 1.82) is 0 Å². The molecule has 0 unspecified atom stereocenters. The first-order valence-electron chi connectivity index (χ1n) is 6.37. The molecular formula is C15H13N3O2. The average Bonchev–Trinajstić information content (AvgIpc) is 2.89. The molecule has 5 nitrogen and oxygen atoms in total. The van der Waals surface area contributed by atoms with Crippen LogP contribution in [0.15, 0.2) is 54.9 Å². The summed E-state index contributed by atoms with van der Waals surface area (Å²) in [6.45, 7) is 0.804. The molecule has 0 saturated heterocycles. The van der Waals surface area contributed by atoms with E-state index in [1.165, 1.54) is 0 Å². The minimum atomic E-state index is -0.382. The van der Waals surface area contributed by atoms with Crippen molar-refractivity contribution in [2.45, 2.75) is 13.0 Å². The van der Waals surface area contributed by atoms with Crippen molar-refractivity contribution in [1.82, 2.24) is 9.55 Å². The molecule has 0 fully saturated rings. The van der Waals surface area contributed by atoms with E-state index < -0.39 is 0 Å². The van der Waals surface area contributed by atoms with Crippen LogP contribution in [0.25, 0.3) is 11.0 Å². The van der Waals surface area contributed by atoms with Gasteiger partial charge in [-0.05, 0) is 24.1 Å². The van der Waals surface area contributed by atoms with Crippen molar-refractivity contribution < 1.29 is 4.92 Å². The number of benzene rings is 2. The number of nitro groups is 1. The van der Waals surface area contributed by atoms with Gasteiger partial charge in [0.05, 0.1) is 22.3 Å². The van der Waals surface area contributed by atoms with Gasteiger partial charge in [-0.15, -0.1) is 0 Å². The Kier molecular flexibility index (Phi) is 3.16. The predicted molar refractivity (Wildman–Crippen MR) is 76.5 cm³/mol. The van der Waals surface area contributed by atoms with Crippen molar-refractivity contribution in [2.75, 3.05) is 0 Å². The number of aromatic nitrogens is 2. The van der Waals surface area contributed by atoms with Gasteiger partial charge in [0.2, 0.25) is 0 Å². The Balaban J connectivity index is 1.74. The van der Waals surface area contributed by atoms with Crippen LogP contribution in [0.2, 0.25) is 0 Å². The molecule has 0 N–H and O–H groups in total. The molecule has 100 valence electrons. The quantitative estimate of drug-likeness (QED) is 0.538. The zero-order chi connectivity index (χ0) is 13.9. The van der Waals surface area contributed by atoms with Crippen LogP contribution in [0, 0.1) is 10.1 Å². The normalized spacial score (nSPS) is 10.8. The summed E-state index contributed by atoms with van der Waals surface area (Å²) in [6.07, 6.45) is 2.65. The maximum Gasteiger partial charge on any atom is 0.269 e. The molecular weight excluding hydrogens is 254 g/mol. The fraction of sp³-hybridized carbons (Fsp3) is 0.133. The Morgan fingerprint density at radius 1 is 1.10 bits per heavy atom. The fourth-order valence-electron chi connectivity index (χ4n) is 2.22. The van der Waals surface area contributed by atoms with E-state index in [1.54, 1.807) is 24.3 Å². The van der Waals surface area contributed by atoms with Crippen LogP contribution in [0.5, 0.6) is 0 Å². The highest BCUT2D eigenvalue weighted by Gasteiger charge is 2.05. The lowest BCUT2D eigenvalue weighted by atomic mass is 10.1. The van der Waals surface area contributed by atoms with Gasteiger partial charge in [0.1, 0.15) is 0 Å². The second-order valence-corrected chi connectivity index (χ2v) is 4.60. The second kappa shape index (κ2) is 5.13. The summed E-state index contributed by atoms with van der Waals surface area (Å²) in [5, 5.41) is 10.6. The number of aryl methyl sites for hydroxylation is 2. The molecule has 3 aromatic rings. The summed E-state index contributed by atoms with van der Waals surface area (Å²) >= 11 is 0. The van der Waals surface area contributed by atoms with Gasteiger partial charge in [-0.3, -0.25) is 10.1 Å². The standard InChI is InChI=1S/C15H13N3O2/c19-18(20)13-7-5-12(6-8-13)9-10-17-11-16-14-3-1-2-4-15(14)17/h1-8,11H,9-10H2. The summed E-state index contributed by atoms with van der Waals surface area (Å²) in [5.41, 5.74) is 3.29. The molecule has 0 aliphatic rings. The smallest absolute Gasteiger partial charge is 0.269 e. The van der Waals surface area contributed by atoms with E-state index in [2.05, 4.69) is 9.55 Å². The van der Waals surface area contributed by atoms with Crippen molar-refractivity contribution in [3.63, 3.8) is 0 Å². The topological polar surface area (TPSA) is 61.0 Å². The first-order chi connectivity index (χ1) is 9.74. The van der Waals surface area contributed by atoms with Gasteiger partial charge >= 0.3 is 0 Å². The minimum absolute atomic E-state index is 0.127. The molecule has 0 amide bonds. The molecule has 2 aromatic carbocycles. The number of nitro benzene ring substituents is 1. The maximum absolute atomic E-state index is 10.6. The third kappa shape index (κ3) is 2.38. The number of rotatable bonds is 4. The first-order valence-corrected chi connectivity index (χ1v) is 6.37. The second-order valence-electron chi connectivity index (χ2n) is 4.60. The lowest BCUT2D eigenvalue weighted by molar-refractivity contribution is -0.384. The highest BCUT2D eigenvalue weighted by atomic mass is 16.6. The molecule has 0 saturated carbocycles. The first kappa shape index (κ1) is 12.3. The van der Waals surface area contributed by atoms with Crippen LogP contribution in [-0.2, 0) is 13.0 Å². The molecule has 0 radical (unpaired) electrons. The number of non-ortho nitro benzene ring substituents is 1. The van der Waals surface area contributed by atoms with Crippen LogP contribution in [0.4, 0.5) is 5.69 Å². The van der Waals surface area contributed by atoms with E-state index in [0.29, 0.717) is 0 Å². The summed E-state index contributed by atoms with van der Waals surface area (Å²) < 4.78 is 2.09. The monoisotopic (exact) mass is 267 g/mol. The largest absolute Gasteiger partial charge is 0.330 e. The summed E-state index contributed by atoms with van der Waals surface area (Å²) in [5.74, 6) is 0. The average molecular weight is 267 g/mol. The zero-order valence-corrected chi connectivity index (χ0v) is 10.8. The third-order valence-electron chi connectivity index (χ3n) is 3.32. The molecule has 0 bridgehead atoms. The molecule has 5 heteroatoms. The van der Waals surface area contributed by atoms with Crippen LogP contribution >= 0.6 is 0 Å². The molecule has 1 heterocycles. The van der Waals surface area contributed by atoms with Gasteiger partial charge in [0.25, 0.3) is 5.69 Å². The van der Waals surface area contributed by atoms with E-state index in [9.17, 15) is 10.1 Å². The number of hydrogen-bond acceptors (Lipinski definition) is 3. The molecule has 0 atom stereocenters. The van der Waals surface area contributed by atoms with E-state index in [1.807, 2.05) is 30.6 Å². The zero-order valence-electron chi connectivity index (χ0n) is 10.8. The molecule has 1 aromatic heterocycles. The van der Waals surface area contributed by atoms with Crippen molar-refractivity contribution in [2.24, 2.45) is 0 Å². The Morgan fingerprint density at radius 3 is 2.60 bits per heavy atom. The van der Waals surface area contributed by atoms with Crippen molar-refractivity contribution in [3.8, 4) is 0 Å². The Labute approximate surface area is 115 Å². The van der Waals surface area contributed by atoms with E-state index in [4.69, 9.17) is 0 Å². The third-order valence-corrected chi connectivity index (χ3v) is 3.32. The number of para-hydroxylation sites is 2. The van der Waals surface area contributed by atoms with Gasteiger partial charge in [0, 0.05) is 18.7 Å². The van der Waals surface area contributed by atoms with Gasteiger partial charge in [-0.1, -0.05) is 24.3 Å². The van der Waals surface area contributed by atoms with E-state index in [0.717, 1.165) is 29.6 Å². The van der Waals surface area contributed by atoms with E-state index in [-0.39, 0.29) is 10.6 Å². The van der Waals surface area contributed by atoms with Crippen LogP contribution in [-0.4, -0.2) is 14.5 Å². The molecule has 0 aliphatic carbocycles. The number of fused-ring (bicyclic) bond motifs is 1. The van der Waals surface area contributed by atoms with Gasteiger partial charge < -0.3 is 4.57 Å². The fourth-order valence-corrected chi connectivity index (χ4v) is 2.22. The Hall–Kier alpha value is -2.69. The number of imidazole rings is 1. The summed E-state index contributed by atoms with van der Waals surface area (Å²) in [6, 6.07) is 14.7. The van der Waals surface area contributed by atoms with Crippen LogP contribution in [0.1, 0.15) is 5.56 Å². The van der Waals surface area contributed by atoms with Gasteiger partial charge in [-0.25, -0.2) is 4.98 Å². The van der Waals surface area contributed by atoms with Crippen LogP contribution < -0.4 is 0 Å². The lowest BCUT2D eigenvalue weighted by Crippen LogP contribution is -2.00. The highest BCUT2D eigenvalue weighted by Crippen LogP contribution is 2.15. The summed E-state index contributed by atoms with van der Waals surface area (Å²) in [4.78, 5) is 14.6. The van der Waals surface area contributed by atoms with Crippen LogP contribution in [0.3, 0.4) is 0 Å². The maximum atomic E-state index is 10.6. The van der Waals surface area contributed by atoms with Gasteiger partial charge in [0.15, 0.2) is 0 Å². The molecule has 20 heavy (non-hydrogen) atoms. The van der Waals surface area contributed by atoms with Gasteiger partial charge in [-0.2, -0.15) is 0 Å². The lowest BCUT2D eigenvalue weighted by Gasteiger charge is -2.04. The van der Waals surface area contributed by atoms with E-state index >= 15 is 0 Å². The Bertz CT molecular complexity index is 747. The molecule has 0 spiro atoms. The van der Waals surface area contributed by atoms with Crippen molar-refractivity contribution in [3.05, 3.63) is 70.5 Å². The number of nitrogens with zero attached hydrogens (tertiary/aromatic N) is 3. The van der Waals surface area contributed by atoms with Crippen molar-refractivity contribution >= 4 is 16.7 Å². The predicted octanol–water partition coefficient (Wildman–Crippen LogP) is 3.19. The molecule has 0 aliphatic heterocycles. The minimum Gasteiger partial charge on any atom is -0.330 e.